The fraction of sp³-hybridized carbons (Fsp3) is 0. The van der Waals surface area contributed by atoms with Crippen molar-refractivity contribution >= 4 is 11.9 Å². The van der Waals surface area contributed by atoms with E-state index in [1.165, 1.54) is 30.7 Å². The summed E-state index contributed by atoms with van der Waals surface area (Å²) in [5.74, 6) is -1.34. The molecule has 0 radical (unpaired) electrons. The van der Waals surface area contributed by atoms with Gasteiger partial charge in [-0.25, -0.2) is 9.78 Å². The number of benzene rings is 1. The number of ether oxygens (including phenoxy) is 1. The molecule has 1 amide bonds. The van der Waals surface area contributed by atoms with E-state index in [2.05, 4.69) is 9.97 Å². The average molecular weight is 243 g/mol. The van der Waals surface area contributed by atoms with Crippen LogP contribution in [-0.2, 0) is 0 Å². The molecule has 0 bridgehead atoms. The molecule has 0 spiro atoms. The second-order valence-electron chi connectivity index (χ2n) is 3.34. The number of aromatic nitrogens is 2. The Kier molecular flexibility index (Phi) is 3.29. The predicted molar refractivity (Wildman–Crippen MR) is 62.0 cm³/mol. The van der Waals surface area contributed by atoms with Crippen molar-refractivity contribution < 1.29 is 14.3 Å². The highest BCUT2D eigenvalue weighted by molar-refractivity contribution is 6.05. The third-order valence-electron chi connectivity index (χ3n) is 2.15. The normalized spacial score (nSPS) is 9.78. The minimum Gasteiger partial charge on any atom is -0.402 e. The number of nitrogens with zero attached hydrogens (tertiary/aromatic N) is 2. The zero-order valence-corrected chi connectivity index (χ0v) is 9.24. The van der Waals surface area contributed by atoms with Crippen LogP contribution in [0.5, 0.6) is 5.88 Å². The smallest absolute Gasteiger partial charge is 0.345 e. The molecule has 2 aromatic rings. The molecule has 0 aliphatic rings. The van der Waals surface area contributed by atoms with Crippen molar-refractivity contribution in [3.8, 4) is 5.88 Å². The van der Waals surface area contributed by atoms with Crippen LogP contribution < -0.4 is 10.5 Å². The first-order chi connectivity index (χ1) is 8.68. The first kappa shape index (κ1) is 11.7. The van der Waals surface area contributed by atoms with Gasteiger partial charge in [0.15, 0.2) is 0 Å². The predicted octanol–water partition coefficient (Wildman–Crippen LogP) is 0.795. The van der Waals surface area contributed by atoms with Gasteiger partial charge >= 0.3 is 5.97 Å². The number of hydrogen-bond donors (Lipinski definition) is 1. The van der Waals surface area contributed by atoms with Crippen molar-refractivity contribution in [3.05, 3.63) is 54.0 Å². The summed E-state index contributed by atoms with van der Waals surface area (Å²) in [5, 5.41) is 0. The van der Waals surface area contributed by atoms with Gasteiger partial charge in [-0.1, -0.05) is 12.1 Å². The molecule has 6 heteroatoms. The number of primary amides is 1. The summed E-state index contributed by atoms with van der Waals surface area (Å²) in [5.41, 5.74) is 5.37. The second kappa shape index (κ2) is 5.05. The molecule has 0 aliphatic heterocycles. The number of rotatable bonds is 3. The number of carbonyl (C=O) groups is 2. The minimum atomic E-state index is -0.704. The summed E-state index contributed by atoms with van der Waals surface area (Å²) in [4.78, 5) is 30.6. The summed E-state index contributed by atoms with van der Waals surface area (Å²) in [6.07, 6.45) is 4.14. The number of carbonyl (C=O) groups excluding carboxylic acids is 2. The van der Waals surface area contributed by atoms with Crippen LogP contribution in [0.4, 0.5) is 0 Å². The Morgan fingerprint density at radius 1 is 1.11 bits per heavy atom. The van der Waals surface area contributed by atoms with E-state index in [0.717, 1.165) is 0 Å². The molecule has 1 aromatic carbocycles. The molecule has 1 heterocycles. The molecule has 0 unspecified atom stereocenters. The molecular formula is C12H9N3O3. The standard InChI is InChI=1S/C12H9N3O3/c13-11(16)8-3-1-2-4-9(8)12(17)18-10-7-14-5-6-15-10/h1-7H,(H2,13,16). The van der Waals surface area contributed by atoms with Crippen molar-refractivity contribution in [2.75, 3.05) is 0 Å². The van der Waals surface area contributed by atoms with Gasteiger partial charge in [-0.05, 0) is 12.1 Å². The Balaban J connectivity index is 2.27. The molecule has 1 aromatic heterocycles. The Morgan fingerprint density at radius 3 is 2.44 bits per heavy atom. The number of nitrogens with two attached hydrogens (primary N) is 1. The van der Waals surface area contributed by atoms with Crippen LogP contribution in [0.3, 0.4) is 0 Å². The molecule has 0 aliphatic carbocycles. The summed E-state index contributed by atoms with van der Waals surface area (Å²) in [6.45, 7) is 0. The van der Waals surface area contributed by atoms with E-state index in [1.54, 1.807) is 12.1 Å². The number of hydrogen-bond acceptors (Lipinski definition) is 5. The zero-order chi connectivity index (χ0) is 13.0. The minimum absolute atomic E-state index is 0.0572. The third-order valence-corrected chi connectivity index (χ3v) is 2.15. The molecule has 18 heavy (non-hydrogen) atoms. The van der Waals surface area contributed by atoms with Crippen molar-refractivity contribution in [1.29, 1.82) is 0 Å². The maximum absolute atomic E-state index is 11.8. The first-order valence-corrected chi connectivity index (χ1v) is 5.05. The molecule has 0 saturated carbocycles. The van der Waals surface area contributed by atoms with Crippen LogP contribution in [0, 0.1) is 0 Å². The van der Waals surface area contributed by atoms with Crippen molar-refractivity contribution in [2.45, 2.75) is 0 Å². The monoisotopic (exact) mass is 243 g/mol. The molecule has 0 saturated heterocycles. The lowest BCUT2D eigenvalue weighted by molar-refractivity contribution is 0.0721. The zero-order valence-electron chi connectivity index (χ0n) is 9.24. The summed E-state index contributed by atoms with van der Waals surface area (Å²) >= 11 is 0. The highest BCUT2D eigenvalue weighted by Gasteiger charge is 2.16. The Labute approximate surface area is 102 Å². The van der Waals surface area contributed by atoms with Gasteiger partial charge < -0.3 is 10.5 Å². The van der Waals surface area contributed by atoms with Gasteiger partial charge in [-0.2, -0.15) is 0 Å². The van der Waals surface area contributed by atoms with E-state index in [9.17, 15) is 9.59 Å². The average Bonchev–Trinajstić information content (AvgIpc) is 2.40. The molecular weight excluding hydrogens is 234 g/mol. The van der Waals surface area contributed by atoms with Gasteiger partial charge in [0, 0.05) is 12.4 Å². The van der Waals surface area contributed by atoms with E-state index >= 15 is 0 Å². The molecule has 90 valence electrons. The van der Waals surface area contributed by atoms with Gasteiger partial charge in [0.1, 0.15) is 0 Å². The Bertz CT molecular complexity index is 584. The van der Waals surface area contributed by atoms with Gasteiger partial charge in [-0.3, -0.25) is 9.78 Å². The molecule has 0 fully saturated rings. The highest BCUT2D eigenvalue weighted by Crippen LogP contribution is 2.11. The van der Waals surface area contributed by atoms with Gasteiger partial charge in [-0.15, -0.1) is 0 Å². The third kappa shape index (κ3) is 2.49. The van der Waals surface area contributed by atoms with E-state index in [-0.39, 0.29) is 17.0 Å². The van der Waals surface area contributed by atoms with Crippen LogP contribution in [0.25, 0.3) is 0 Å². The molecule has 0 atom stereocenters. The van der Waals surface area contributed by atoms with Crippen LogP contribution in [0.2, 0.25) is 0 Å². The first-order valence-electron chi connectivity index (χ1n) is 5.05. The van der Waals surface area contributed by atoms with E-state index in [0.29, 0.717) is 0 Å². The van der Waals surface area contributed by atoms with Crippen LogP contribution in [-0.4, -0.2) is 21.8 Å². The topological polar surface area (TPSA) is 95.2 Å². The van der Waals surface area contributed by atoms with Gasteiger partial charge in [0.25, 0.3) is 0 Å². The summed E-state index contributed by atoms with van der Waals surface area (Å²) in [7, 11) is 0. The SMILES string of the molecule is NC(=O)c1ccccc1C(=O)Oc1cnccn1. The quantitative estimate of drug-likeness (QED) is 0.804. The van der Waals surface area contributed by atoms with Crippen LogP contribution in [0.15, 0.2) is 42.9 Å². The lowest BCUT2D eigenvalue weighted by Crippen LogP contribution is -2.19. The summed E-state index contributed by atoms with van der Waals surface area (Å²) in [6, 6.07) is 6.13. The lowest BCUT2D eigenvalue weighted by atomic mass is 10.1. The Morgan fingerprint density at radius 2 is 1.83 bits per heavy atom. The molecule has 2 N–H and O–H groups in total. The second-order valence-corrected chi connectivity index (χ2v) is 3.34. The van der Waals surface area contributed by atoms with E-state index in [4.69, 9.17) is 10.5 Å². The van der Waals surface area contributed by atoms with Gasteiger partial charge in [0.05, 0.1) is 17.3 Å². The largest absolute Gasteiger partial charge is 0.402 e. The fourth-order valence-electron chi connectivity index (χ4n) is 1.36. The maximum atomic E-state index is 11.8. The van der Waals surface area contributed by atoms with Crippen LogP contribution >= 0.6 is 0 Å². The molecule has 2 rings (SSSR count). The van der Waals surface area contributed by atoms with E-state index in [1.807, 2.05) is 0 Å². The van der Waals surface area contributed by atoms with Crippen LogP contribution in [0.1, 0.15) is 20.7 Å². The van der Waals surface area contributed by atoms with Crippen molar-refractivity contribution in [2.24, 2.45) is 5.73 Å². The van der Waals surface area contributed by atoms with Crippen molar-refractivity contribution in [3.63, 3.8) is 0 Å². The number of amides is 1. The van der Waals surface area contributed by atoms with E-state index < -0.39 is 11.9 Å². The summed E-state index contributed by atoms with van der Waals surface area (Å²) < 4.78 is 4.97. The maximum Gasteiger partial charge on any atom is 0.345 e. The molecule has 6 nitrogen and oxygen atoms in total. The lowest BCUT2D eigenvalue weighted by Gasteiger charge is -2.05. The number of esters is 1. The highest BCUT2D eigenvalue weighted by atomic mass is 16.5. The van der Waals surface area contributed by atoms with Gasteiger partial charge in [0.2, 0.25) is 11.8 Å². The fourth-order valence-corrected chi connectivity index (χ4v) is 1.36. The Hall–Kier alpha value is -2.76. The van der Waals surface area contributed by atoms with Crippen molar-refractivity contribution in [1.82, 2.24) is 9.97 Å².